The Morgan fingerprint density at radius 2 is 0.708 bits per heavy atom. The highest BCUT2D eigenvalue weighted by molar-refractivity contribution is 7.25. The maximum atomic E-state index is 6.13. The van der Waals surface area contributed by atoms with Crippen LogP contribution in [0.5, 0.6) is 0 Å². The van der Waals surface area contributed by atoms with E-state index >= 15 is 0 Å². The molecule has 418 valence electrons. The Kier molecular flexibility index (Phi) is 13.6. The molecule has 6 aromatic heterocycles. The first-order valence-electron chi connectivity index (χ1n) is 29.7. The normalized spacial score (nSPS) is 11.4. The zero-order valence-corrected chi connectivity index (χ0v) is 48.8. The number of furan rings is 1. The molecule has 89 heavy (non-hydrogen) atoms. The first-order valence-corrected chi connectivity index (χ1v) is 30.5. The van der Waals surface area contributed by atoms with Crippen molar-refractivity contribution in [3.63, 3.8) is 0 Å². The Labute approximate surface area is 517 Å². The van der Waals surface area contributed by atoms with Crippen molar-refractivity contribution in [1.29, 1.82) is 0 Å². The van der Waals surface area contributed by atoms with Gasteiger partial charge in [-0.25, -0.2) is 19.9 Å². The molecule has 0 unspecified atom stereocenters. The minimum Gasteiger partial charge on any atom is -0.454 e. The van der Waals surface area contributed by atoms with Gasteiger partial charge in [0.05, 0.1) is 32.6 Å². The number of anilines is 3. The van der Waals surface area contributed by atoms with E-state index in [0.29, 0.717) is 5.82 Å². The van der Waals surface area contributed by atoms with Gasteiger partial charge in [0.25, 0.3) is 0 Å². The highest BCUT2D eigenvalue weighted by atomic mass is 32.1. The van der Waals surface area contributed by atoms with Crippen LogP contribution >= 0.6 is 11.3 Å². The highest BCUT2D eigenvalue weighted by Crippen LogP contribution is 2.40. The number of hydrogen-bond acceptors (Lipinski definition) is 8. The third kappa shape index (κ3) is 10.5. The first-order chi connectivity index (χ1) is 44.0. The SMILES string of the molecule is c1ccc(-c2cc(-c3ccc(-c4ccc5nc6c(cc5c4)sc4ccccc46)cc3)nc(-c3ccncc3)n2)cc1.c1ccc(-c2ccc(N(c3ccc(-c4ccccc4)cc3)c3ccc(-c4ccc5nc6c(cc5c4)oc4ccccc46)cc3)cc2)cc1. The molecule has 0 spiro atoms. The Hall–Kier alpha value is -11.7. The van der Waals surface area contributed by atoms with Gasteiger partial charge < -0.3 is 9.32 Å². The summed E-state index contributed by atoms with van der Waals surface area (Å²) in [7, 11) is 0. The lowest BCUT2D eigenvalue weighted by Crippen LogP contribution is -2.09. The predicted molar refractivity (Wildman–Crippen MR) is 370 cm³/mol. The summed E-state index contributed by atoms with van der Waals surface area (Å²) in [6.45, 7) is 0. The molecule has 0 bridgehead atoms. The zero-order chi connectivity index (χ0) is 59.0. The summed E-state index contributed by atoms with van der Waals surface area (Å²) in [5.74, 6) is 0.683. The van der Waals surface area contributed by atoms with E-state index in [4.69, 9.17) is 24.4 Å². The van der Waals surface area contributed by atoms with Crippen LogP contribution in [0.4, 0.5) is 17.1 Å². The van der Waals surface area contributed by atoms with Gasteiger partial charge in [-0.05, 0) is 154 Å². The lowest BCUT2D eigenvalue weighted by Gasteiger charge is -2.26. The van der Waals surface area contributed by atoms with E-state index in [0.717, 1.165) is 117 Å². The number of nitrogens with zero attached hydrogens (tertiary/aromatic N) is 6. The van der Waals surface area contributed by atoms with Crippen molar-refractivity contribution in [3.05, 3.63) is 316 Å². The lowest BCUT2D eigenvalue weighted by atomic mass is 10.00. The second-order valence-electron chi connectivity index (χ2n) is 22.0. The minimum atomic E-state index is 0.683. The van der Waals surface area contributed by atoms with E-state index in [-0.39, 0.29) is 0 Å². The number of hydrogen-bond donors (Lipinski definition) is 0. The molecule has 8 heteroatoms. The van der Waals surface area contributed by atoms with Crippen molar-refractivity contribution < 1.29 is 4.42 Å². The predicted octanol–water partition coefficient (Wildman–Crippen LogP) is 22.1. The zero-order valence-electron chi connectivity index (χ0n) is 48.0. The van der Waals surface area contributed by atoms with Gasteiger partial charge in [0.15, 0.2) is 11.4 Å². The van der Waals surface area contributed by atoms with Gasteiger partial charge in [-0.2, -0.15) is 0 Å². The smallest absolute Gasteiger partial charge is 0.160 e. The van der Waals surface area contributed by atoms with Crippen molar-refractivity contribution in [2.75, 3.05) is 4.90 Å². The van der Waals surface area contributed by atoms with Crippen LogP contribution < -0.4 is 4.90 Å². The fourth-order valence-corrected chi connectivity index (χ4v) is 13.0. The van der Waals surface area contributed by atoms with E-state index in [9.17, 15) is 0 Å². The summed E-state index contributed by atoms with van der Waals surface area (Å²) in [6.07, 6.45) is 3.54. The van der Waals surface area contributed by atoms with E-state index in [1.807, 2.05) is 48.5 Å². The summed E-state index contributed by atoms with van der Waals surface area (Å²) in [5, 5.41) is 4.47. The van der Waals surface area contributed by atoms with Crippen molar-refractivity contribution in [1.82, 2.24) is 24.9 Å². The molecule has 0 radical (unpaired) electrons. The van der Waals surface area contributed by atoms with Crippen LogP contribution in [0, 0.1) is 0 Å². The molecule has 0 aliphatic rings. The van der Waals surface area contributed by atoms with E-state index in [1.54, 1.807) is 23.7 Å². The number of para-hydroxylation sites is 1. The first kappa shape index (κ1) is 52.8. The number of rotatable bonds is 10. The second-order valence-corrected chi connectivity index (χ2v) is 23.1. The Bertz CT molecular complexity index is 5250. The number of pyridine rings is 3. The number of aromatic nitrogens is 5. The van der Waals surface area contributed by atoms with Gasteiger partial charge in [0, 0.05) is 72.4 Å². The van der Waals surface area contributed by atoms with Gasteiger partial charge in [-0.15, -0.1) is 11.3 Å². The molecule has 0 saturated carbocycles. The van der Waals surface area contributed by atoms with E-state index < -0.39 is 0 Å². The number of benzene rings is 11. The quantitative estimate of drug-likeness (QED) is 0.135. The van der Waals surface area contributed by atoms with Crippen molar-refractivity contribution in [2.24, 2.45) is 0 Å². The Morgan fingerprint density at radius 1 is 0.281 bits per heavy atom. The molecule has 0 N–H and O–H groups in total. The summed E-state index contributed by atoms with van der Waals surface area (Å²) in [4.78, 5) is 26.3. The molecule has 6 heterocycles. The monoisotopic (exact) mass is 1160 g/mol. The van der Waals surface area contributed by atoms with Gasteiger partial charge in [0.1, 0.15) is 11.1 Å². The van der Waals surface area contributed by atoms with Gasteiger partial charge in [0.2, 0.25) is 0 Å². The standard InChI is InChI=1S/C45H30N2O.C36H22N4S/c1-3-9-31(10-4-1)33-15-22-38(23-16-33)47(39-24-17-34(18-25-39)32-11-5-2-6-12-32)40-26-19-35(20-27-40)36-21-28-42-37(29-36)30-44-45(46-42)41-13-7-8-14-43(41)48-44;1-2-6-24(7-3-1)31-22-32(40-36(39-31)26-16-18-37-19-17-26)25-12-10-23(11-13-25)27-14-15-30-28(20-27)21-34-35(38-30)29-8-4-5-9-33(29)41-34/h1-30H;1-22H. The molecule has 11 aromatic carbocycles. The fraction of sp³-hybridized carbons (Fsp3) is 0. The van der Waals surface area contributed by atoms with Crippen molar-refractivity contribution >= 4 is 92.6 Å². The molecular weight excluding hydrogens is 1100 g/mol. The van der Waals surface area contributed by atoms with Gasteiger partial charge in [-0.1, -0.05) is 194 Å². The maximum Gasteiger partial charge on any atom is 0.160 e. The van der Waals surface area contributed by atoms with Crippen LogP contribution in [0.2, 0.25) is 0 Å². The molecule has 0 aliphatic heterocycles. The van der Waals surface area contributed by atoms with Crippen molar-refractivity contribution in [2.45, 2.75) is 0 Å². The highest BCUT2D eigenvalue weighted by Gasteiger charge is 2.17. The average molecular weight is 1160 g/mol. The Morgan fingerprint density at radius 3 is 1.28 bits per heavy atom. The summed E-state index contributed by atoms with van der Waals surface area (Å²) in [5.41, 5.74) is 23.1. The second kappa shape index (κ2) is 22.9. The third-order valence-electron chi connectivity index (χ3n) is 16.5. The molecular formula is C81H52N6OS. The third-order valence-corrected chi connectivity index (χ3v) is 17.6. The van der Waals surface area contributed by atoms with E-state index in [2.05, 4.69) is 265 Å². The average Bonchev–Trinajstić information content (AvgIpc) is 3.74. The maximum absolute atomic E-state index is 6.13. The fourth-order valence-electron chi connectivity index (χ4n) is 11.9. The van der Waals surface area contributed by atoms with Crippen LogP contribution in [0.3, 0.4) is 0 Å². The number of fused-ring (bicyclic) bond motifs is 8. The molecule has 7 nitrogen and oxygen atoms in total. The topological polar surface area (TPSA) is 80.8 Å². The van der Waals surface area contributed by atoms with E-state index in [1.165, 1.54) is 37.0 Å². The van der Waals surface area contributed by atoms with Crippen LogP contribution in [0.15, 0.2) is 320 Å². The minimum absolute atomic E-state index is 0.683. The molecule has 0 atom stereocenters. The number of thiophene rings is 1. The largest absolute Gasteiger partial charge is 0.454 e. The molecule has 0 aliphatic carbocycles. The summed E-state index contributed by atoms with van der Waals surface area (Å²) >= 11 is 1.80. The van der Waals surface area contributed by atoms with Crippen LogP contribution in [-0.4, -0.2) is 24.9 Å². The van der Waals surface area contributed by atoms with Crippen LogP contribution in [0.25, 0.3) is 143 Å². The van der Waals surface area contributed by atoms with Gasteiger partial charge >= 0.3 is 0 Å². The van der Waals surface area contributed by atoms with Crippen LogP contribution in [0.1, 0.15) is 0 Å². The summed E-state index contributed by atoms with van der Waals surface area (Å²) < 4.78 is 8.62. The van der Waals surface area contributed by atoms with Gasteiger partial charge in [-0.3, -0.25) is 4.98 Å². The molecule has 0 amide bonds. The Balaban J connectivity index is 0.000000145. The molecule has 0 saturated heterocycles. The van der Waals surface area contributed by atoms with Crippen LogP contribution in [-0.2, 0) is 0 Å². The van der Waals surface area contributed by atoms with Crippen molar-refractivity contribution in [3.8, 4) is 78.4 Å². The molecule has 17 aromatic rings. The lowest BCUT2D eigenvalue weighted by molar-refractivity contribution is 0.669. The summed E-state index contributed by atoms with van der Waals surface area (Å²) in [6, 6.07) is 106. The molecule has 0 fully saturated rings. The molecule has 17 rings (SSSR count).